The highest BCUT2D eigenvalue weighted by Gasteiger charge is 2.28. The van der Waals surface area contributed by atoms with Gasteiger partial charge in [-0.3, -0.25) is 0 Å². The fraction of sp³-hybridized carbons (Fsp3) is 0.0400. The quantitative estimate of drug-likeness (QED) is 0.110. The molecule has 4 rings (SSSR count). The Labute approximate surface area is 221 Å². The molecule has 5 heteroatoms. The summed E-state index contributed by atoms with van der Waals surface area (Å²) < 4.78 is 9.92. The average molecular weight is 747 g/mol. The minimum atomic E-state index is -0.130. The van der Waals surface area contributed by atoms with Crippen molar-refractivity contribution in [2.75, 3.05) is 0 Å². The lowest BCUT2D eigenvalue weighted by Crippen LogP contribution is -2.04. The maximum atomic E-state index is 6.08. The van der Waals surface area contributed by atoms with E-state index in [4.69, 9.17) is 4.74 Å². The Morgan fingerprint density at radius 3 is 1.57 bits per heavy atom. The molecule has 0 spiro atoms. The van der Waals surface area contributed by atoms with Crippen LogP contribution in [0, 0.1) is 10.7 Å². The minimum absolute atomic E-state index is 0.130. The first-order valence-electron chi connectivity index (χ1n) is 9.32. The largest absolute Gasteiger partial charge is 0.489 e. The number of benzene rings is 4. The second kappa shape index (κ2) is 10.7. The molecule has 1 nitrogen and oxygen atoms in total. The number of ether oxygens (including phenoxy) is 1. The Balaban J connectivity index is 1.55. The monoisotopic (exact) mass is 747 g/mol. The van der Waals surface area contributed by atoms with Crippen molar-refractivity contribution in [1.29, 1.82) is 0 Å². The van der Waals surface area contributed by atoms with Crippen LogP contribution < -0.4 is 4.74 Å². The van der Waals surface area contributed by atoms with Crippen molar-refractivity contribution in [2.45, 2.75) is 21.3 Å². The van der Waals surface area contributed by atoms with E-state index in [1.807, 2.05) is 0 Å². The molecule has 0 N–H and O–H groups in total. The van der Waals surface area contributed by atoms with Crippen molar-refractivity contribution in [3.8, 4) is 5.75 Å². The molecule has 0 atom stereocenters. The molecule has 0 radical (unpaired) electrons. The fourth-order valence-corrected chi connectivity index (χ4v) is 7.34. The first-order chi connectivity index (χ1) is 14.6. The topological polar surface area (TPSA) is 9.23 Å². The van der Waals surface area contributed by atoms with E-state index in [2.05, 4.69) is 165 Å². The Hall–Kier alpha value is -0.780. The van der Waals surface area contributed by atoms with Crippen LogP contribution in [0.1, 0.15) is 5.56 Å². The van der Waals surface area contributed by atoms with Crippen LogP contribution in [0.4, 0.5) is 0 Å². The Morgan fingerprint density at radius 1 is 0.600 bits per heavy atom. The van der Waals surface area contributed by atoms with Gasteiger partial charge in [-0.05, 0) is 134 Å². The van der Waals surface area contributed by atoms with E-state index in [-0.39, 0.29) is 10.9 Å². The van der Waals surface area contributed by atoms with E-state index >= 15 is 0 Å². The summed E-state index contributed by atoms with van der Waals surface area (Å²) in [7, 11) is -0.130. The summed E-state index contributed by atoms with van der Waals surface area (Å²) in [6.07, 6.45) is 0. The van der Waals surface area contributed by atoms with Crippen LogP contribution >= 0.6 is 67.8 Å². The van der Waals surface area contributed by atoms with Gasteiger partial charge in [-0.1, -0.05) is 36.4 Å². The molecule has 4 aromatic rings. The van der Waals surface area contributed by atoms with Gasteiger partial charge in [-0.2, -0.15) is 0 Å². The number of rotatable bonds is 6. The molecule has 0 aliphatic carbocycles. The number of hydrogen-bond acceptors (Lipinski definition) is 1. The molecule has 30 heavy (non-hydrogen) atoms. The van der Waals surface area contributed by atoms with Gasteiger partial charge in [0, 0.05) is 10.7 Å². The molecule has 0 amide bonds. The van der Waals surface area contributed by atoms with Gasteiger partial charge >= 0.3 is 0 Å². The van der Waals surface area contributed by atoms with E-state index in [0.29, 0.717) is 6.61 Å². The van der Waals surface area contributed by atoms with E-state index in [1.54, 1.807) is 0 Å². The Kier molecular flexibility index (Phi) is 7.99. The normalized spacial score (nSPS) is 10.9. The Morgan fingerprint density at radius 2 is 1.07 bits per heavy atom. The van der Waals surface area contributed by atoms with Crippen molar-refractivity contribution in [2.24, 2.45) is 0 Å². The number of hydrogen-bond donors (Lipinski definition) is 0. The van der Waals surface area contributed by atoms with E-state index in [1.165, 1.54) is 31.0 Å². The van der Waals surface area contributed by atoms with Crippen LogP contribution in [-0.2, 0) is 17.5 Å². The van der Waals surface area contributed by atoms with Crippen molar-refractivity contribution >= 4 is 78.7 Å². The zero-order valence-corrected chi connectivity index (χ0v) is 23.2. The second-order valence-corrected chi connectivity index (χ2v) is 12.0. The predicted octanol–water partition coefficient (Wildman–Crippen LogP) is 8.17. The molecule has 0 aliphatic rings. The summed E-state index contributed by atoms with van der Waals surface area (Å²) in [6.45, 7) is 0.575. The summed E-state index contributed by atoms with van der Waals surface area (Å²) in [4.78, 5) is 3.93. The van der Waals surface area contributed by atoms with Gasteiger partial charge in [0.2, 0.25) is 0 Å². The van der Waals surface area contributed by atoms with E-state index in [0.717, 1.165) is 5.75 Å². The maximum Gasteiger partial charge on any atom is 0.166 e. The first-order valence-corrected chi connectivity index (χ1v) is 13.8. The fourth-order valence-electron chi connectivity index (χ4n) is 3.05. The van der Waals surface area contributed by atoms with Crippen molar-refractivity contribution < 1.29 is 4.74 Å². The van der Waals surface area contributed by atoms with Crippen LogP contribution in [-0.4, -0.2) is 0 Å². The van der Waals surface area contributed by atoms with Crippen LogP contribution in [0.25, 0.3) is 0 Å². The molecule has 0 aliphatic heterocycles. The first kappa shape index (κ1) is 22.4. The highest BCUT2D eigenvalue weighted by atomic mass is 127. The molecule has 0 saturated heterocycles. The van der Waals surface area contributed by atoms with Gasteiger partial charge in [-0.15, -0.1) is 0 Å². The smallest absolute Gasteiger partial charge is 0.166 e. The van der Waals surface area contributed by atoms with Gasteiger partial charge in [0.15, 0.2) is 14.7 Å². The number of halogens is 3. The van der Waals surface area contributed by atoms with Crippen molar-refractivity contribution in [3.05, 3.63) is 113 Å². The molecular weight excluding hydrogens is 729 g/mol. The van der Waals surface area contributed by atoms with Crippen LogP contribution in [0.15, 0.2) is 112 Å². The SMILES string of the molecule is Ic1cc(COc2ccc([S+](c3ccccc3)c3ccccc3)cc2)cc(I)c1I. The molecule has 0 fully saturated rings. The van der Waals surface area contributed by atoms with Crippen LogP contribution in [0.2, 0.25) is 0 Å². The average Bonchev–Trinajstić information content (AvgIpc) is 2.78. The zero-order valence-electron chi connectivity index (χ0n) is 15.9. The van der Waals surface area contributed by atoms with E-state index in [9.17, 15) is 0 Å². The van der Waals surface area contributed by atoms with Crippen molar-refractivity contribution in [3.63, 3.8) is 0 Å². The molecule has 4 aromatic carbocycles. The third kappa shape index (κ3) is 5.52. The Bertz CT molecular complexity index is 1050. The predicted molar refractivity (Wildman–Crippen MR) is 150 cm³/mol. The van der Waals surface area contributed by atoms with Gasteiger partial charge < -0.3 is 4.74 Å². The van der Waals surface area contributed by atoms with Gasteiger partial charge in [0.1, 0.15) is 12.4 Å². The molecule has 150 valence electrons. The minimum Gasteiger partial charge on any atom is -0.489 e. The molecule has 0 unspecified atom stereocenters. The zero-order chi connectivity index (χ0) is 20.9. The second-order valence-electron chi connectivity index (χ2n) is 6.57. The van der Waals surface area contributed by atoms with E-state index < -0.39 is 0 Å². The third-order valence-electron chi connectivity index (χ3n) is 4.47. The summed E-state index contributed by atoms with van der Waals surface area (Å²) >= 11 is 7.16. The lowest BCUT2D eigenvalue weighted by atomic mass is 10.2. The molecular formula is C25H18I3OS+. The summed E-state index contributed by atoms with van der Waals surface area (Å²) in [5.41, 5.74) is 1.20. The van der Waals surface area contributed by atoms with Crippen LogP contribution in [0.5, 0.6) is 5.75 Å². The van der Waals surface area contributed by atoms with Crippen LogP contribution in [0.3, 0.4) is 0 Å². The molecule has 0 saturated carbocycles. The lowest BCUT2D eigenvalue weighted by molar-refractivity contribution is 0.306. The summed E-state index contributed by atoms with van der Waals surface area (Å²) in [5, 5.41) is 0. The van der Waals surface area contributed by atoms with Gasteiger partial charge in [0.25, 0.3) is 0 Å². The maximum absolute atomic E-state index is 6.08. The summed E-state index contributed by atoms with van der Waals surface area (Å²) in [6, 6.07) is 34.4. The standard InChI is InChI=1S/C25H18I3OS/c26-23-15-18(16-24(27)25(23)28)17-29-19-11-13-22(14-12-19)30(20-7-3-1-4-8-20)21-9-5-2-6-10-21/h1-16H,17H2/q+1. The highest BCUT2D eigenvalue weighted by Crippen LogP contribution is 2.32. The lowest BCUT2D eigenvalue weighted by Gasteiger charge is -2.10. The third-order valence-corrected chi connectivity index (χ3v) is 11.6. The molecule has 0 aromatic heterocycles. The van der Waals surface area contributed by atoms with Gasteiger partial charge in [0.05, 0.1) is 10.9 Å². The molecule has 0 heterocycles. The van der Waals surface area contributed by atoms with Crippen molar-refractivity contribution in [1.82, 2.24) is 0 Å². The summed E-state index contributed by atoms with van der Waals surface area (Å²) in [5.74, 6) is 0.895. The van der Waals surface area contributed by atoms with Gasteiger partial charge in [-0.25, -0.2) is 0 Å². The molecule has 0 bridgehead atoms. The highest BCUT2D eigenvalue weighted by molar-refractivity contribution is 14.1.